The lowest BCUT2D eigenvalue weighted by atomic mass is 10.2. The number of benzene rings is 1. The first-order valence-corrected chi connectivity index (χ1v) is 6.93. The van der Waals surface area contributed by atoms with Crippen LogP contribution < -0.4 is 5.32 Å². The molecule has 0 unspecified atom stereocenters. The SMILES string of the molecule is CN=C(NC)N1CCN(Cc2ccc(Cl)cc2)C(=O)C1.I. The number of amides is 1. The van der Waals surface area contributed by atoms with E-state index in [4.69, 9.17) is 11.6 Å². The summed E-state index contributed by atoms with van der Waals surface area (Å²) >= 11 is 5.86. The van der Waals surface area contributed by atoms with E-state index in [-0.39, 0.29) is 29.9 Å². The summed E-state index contributed by atoms with van der Waals surface area (Å²) in [6.07, 6.45) is 0. The van der Waals surface area contributed by atoms with Crippen LogP contribution in [0.1, 0.15) is 5.56 Å². The fraction of sp³-hybridized carbons (Fsp3) is 0.429. The van der Waals surface area contributed by atoms with Gasteiger partial charge < -0.3 is 15.1 Å². The van der Waals surface area contributed by atoms with Crippen molar-refractivity contribution in [1.29, 1.82) is 0 Å². The average molecular weight is 423 g/mol. The first kappa shape index (κ1) is 18.0. The van der Waals surface area contributed by atoms with Gasteiger partial charge in [-0.25, -0.2) is 0 Å². The minimum atomic E-state index is 0. The highest BCUT2D eigenvalue weighted by molar-refractivity contribution is 14.0. The maximum absolute atomic E-state index is 12.2. The van der Waals surface area contributed by atoms with E-state index in [0.29, 0.717) is 24.7 Å². The second-order valence-electron chi connectivity index (χ2n) is 4.66. The smallest absolute Gasteiger partial charge is 0.242 e. The molecular weight excluding hydrogens is 403 g/mol. The fourth-order valence-electron chi connectivity index (χ4n) is 2.28. The van der Waals surface area contributed by atoms with Crippen molar-refractivity contribution in [2.75, 3.05) is 33.7 Å². The van der Waals surface area contributed by atoms with Gasteiger partial charge in [0, 0.05) is 38.8 Å². The largest absolute Gasteiger partial charge is 0.359 e. The van der Waals surface area contributed by atoms with Crippen molar-refractivity contribution in [2.45, 2.75) is 6.54 Å². The van der Waals surface area contributed by atoms with Gasteiger partial charge in [0.2, 0.25) is 5.91 Å². The highest BCUT2D eigenvalue weighted by Gasteiger charge is 2.25. The molecule has 0 aliphatic carbocycles. The summed E-state index contributed by atoms with van der Waals surface area (Å²) in [5.41, 5.74) is 1.09. The zero-order valence-electron chi connectivity index (χ0n) is 12.2. The third-order valence-corrected chi connectivity index (χ3v) is 3.59. The number of nitrogens with one attached hydrogen (secondary N) is 1. The van der Waals surface area contributed by atoms with Gasteiger partial charge >= 0.3 is 0 Å². The molecule has 1 aliphatic heterocycles. The highest BCUT2D eigenvalue weighted by atomic mass is 127. The van der Waals surface area contributed by atoms with Gasteiger partial charge in [-0.3, -0.25) is 9.79 Å². The van der Waals surface area contributed by atoms with Gasteiger partial charge in [-0.1, -0.05) is 23.7 Å². The Labute approximate surface area is 147 Å². The quantitative estimate of drug-likeness (QED) is 0.449. The van der Waals surface area contributed by atoms with Gasteiger partial charge in [0.1, 0.15) is 0 Å². The normalized spacial score (nSPS) is 15.8. The van der Waals surface area contributed by atoms with Crippen molar-refractivity contribution in [3.63, 3.8) is 0 Å². The number of hydrogen-bond acceptors (Lipinski definition) is 2. The molecular formula is C14H20ClIN4O. The van der Waals surface area contributed by atoms with Crippen LogP contribution in [-0.4, -0.2) is 55.4 Å². The number of aliphatic imine (C=N–C) groups is 1. The number of carbonyl (C=O) groups excluding carboxylic acids is 1. The van der Waals surface area contributed by atoms with E-state index in [0.717, 1.165) is 18.1 Å². The fourth-order valence-corrected chi connectivity index (χ4v) is 2.40. The van der Waals surface area contributed by atoms with Crippen molar-refractivity contribution in [1.82, 2.24) is 15.1 Å². The van der Waals surface area contributed by atoms with Crippen LogP contribution in [0.3, 0.4) is 0 Å². The molecule has 7 heteroatoms. The Hall–Kier alpha value is -1.02. The number of halogens is 2. The molecule has 1 N–H and O–H groups in total. The van der Waals surface area contributed by atoms with Crippen LogP contribution >= 0.6 is 35.6 Å². The summed E-state index contributed by atoms with van der Waals surface area (Å²) in [6.45, 7) is 2.47. The number of guanidine groups is 1. The van der Waals surface area contributed by atoms with Gasteiger partial charge in [0.05, 0.1) is 6.54 Å². The summed E-state index contributed by atoms with van der Waals surface area (Å²) in [5.74, 6) is 0.868. The number of carbonyl (C=O) groups is 1. The number of hydrogen-bond donors (Lipinski definition) is 1. The van der Waals surface area contributed by atoms with Crippen molar-refractivity contribution in [3.8, 4) is 0 Å². The predicted molar refractivity (Wildman–Crippen MR) is 96.3 cm³/mol. The minimum absolute atomic E-state index is 0. The Morgan fingerprint density at radius 2 is 2.00 bits per heavy atom. The number of rotatable bonds is 2. The zero-order valence-corrected chi connectivity index (χ0v) is 15.3. The van der Waals surface area contributed by atoms with Crippen LogP contribution in [-0.2, 0) is 11.3 Å². The Kier molecular flexibility index (Phi) is 7.24. The Morgan fingerprint density at radius 3 is 2.52 bits per heavy atom. The molecule has 5 nitrogen and oxygen atoms in total. The molecule has 0 spiro atoms. The molecule has 0 radical (unpaired) electrons. The van der Waals surface area contributed by atoms with Crippen molar-refractivity contribution < 1.29 is 4.79 Å². The van der Waals surface area contributed by atoms with Gasteiger partial charge in [0.15, 0.2) is 5.96 Å². The van der Waals surface area contributed by atoms with E-state index in [9.17, 15) is 4.79 Å². The van der Waals surface area contributed by atoms with Gasteiger partial charge in [0.25, 0.3) is 0 Å². The molecule has 0 saturated carbocycles. The van der Waals surface area contributed by atoms with E-state index in [1.807, 2.05) is 41.1 Å². The summed E-state index contributed by atoms with van der Waals surface area (Å²) in [4.78, 5) is 20.1. The lowest BCUT2D eigenvalue weighted by molar-refractivity contribution is -0.135. The van der Waals surface area contributed by atoms with Crippen LogP contribution in [0, 0.1) is 0 Å². The molecule has 116 valence electrons. The van der Waals surface area contributed by atoms with E-state index in [1.54, 1.807) is 7.05 Å². The molecule has 1 aromatic rings. The Balaban J connectivity index is 0.00000220. The monoisotopic (exact) mass is 422 g/mol. The average Bonchev–Trinajstić information content (AvgIpc) is 2.45. The van der Waals surface area contributed by atoms with E-state index < -0.39 is 0 Å². The van der Waals surface area contributed by atoms with Crippen molar-refractivity contribution in [2.24, 2.45) is 4.99 Å². The number of piperazine rings is 1. The second kappa shape index (κ2) is 8.43. The summed E-state index contributed by atoms with van der Waals surface area (Å²) in [5, 5.41) is 3.71. The Morgan fingerprint density at radius 1 is 1.33 bits per heavy atom. The van der Waals surface area contributed by atoms with E-state index in [2.05, 4.69) is 10.3 Å². The van der Waals surface area contributed by atoms with Crippen LogP contribution in [0.25, 0.3) is 0 Å². The third-order valence-electron chi connectivity index (χ3n) is 3.34. The van der Waals surface area contributed by atoms with Crippen molar-refractivity contribution >= 4 is 47.4 Å². The zero-order chi connectivity index (χ0) is 14.5. The second-order valence-corrected chi connectivity index (χ2v) is 5.10. The molecule has 2 rings (SSSR count). The lowest BCUT2D eigenvalue weighted by Crippen LogP contribution is -2.54. The topological polar surface area (TPSA) is 47.9 Å². The lowest BCUT2D eigenvalue weighted by Gasteiger charge is -2.35. The van der Waals surface area contributed by atoms with Crippen LogP contribution in [0.2, 0.25) is 5.02 Å². The Bertz CT molecular complexity index is 506. The summed E-state index contributed by atoms with van der Waals surface area (Å²) < 4.78 is 0. The van der Waals surface area contributed by atoms with Gasteiger partial charge in [-0.2, -0.15) is 0 Å². The first-order valence-electron chi connectivity index (χ1n) is 6.55. The molecule has 0 atom stereocenters. The van der Waals surface area contributed by atoms with E-state index in [1.165, 1.54) is 0 Å². The molecule has 0 aromatic heterocycles. The first-order chi connectivity index (χ1) is 9.63. The summed E-state index contributed by atoms with van der Waals surface area (Å²) in [6, 6.07) is 7.60. The van der Waals surface area contributed by atoms with Crippen LogP contribution in [0.4, 0.5) is 0 Å². The molecule has 1 aliphatic rings. The minimum Gasteiger partial charge on any atom is -0.359 e. The molecule has 21 heavy (non-hydrogen) atoms. The van der Waals surface area contributed by atoms with Gasteiger partial charge in [-0.05, 0) is 17.7 Å². The highest BCUT2D eigenvalue weighted by Crippen LogP contribution is 2.13. The molecule has 1 fully saturated rings. The molecule has 0 bridgehead atoms. The summed E-state index contributed by atoms with van der Waals surface area (Å²) in [7, 11) is 3.53. The predicted octanol–water partition coefficient (Wildman–Crippen LogP) is 1.81. The molecule has 1 amide bonds. The molecule has 1 saturated heterocycles. The van der Waals surface area contributed by atoms with Crippen molar-refractivity contribution in [3.05, 3.63) is 34.9 Å². The third kappa shape index (κ3) is 4.74. The van der Waals surface area contributed by atoms with Crippen LogP contribution in [0.15, 0.2) is 29.3 Å². The van der Waals surface area contributed by atoms with E-state index >= 15 is 0 Å². The molecule has 1 heterocycles. The standard InChI is InChI=1S/C14H19ClN4O.HI/c1-16-14(17-2)19-8-7-18(13(20)10-19)9-11-3-5-12(15)6-4-11;/h3-6H,7-10H2,1-2H3,(H,16,17);1H. The maximum atomic E-state index is 12.2. The molecule has 1 aromatic carbocycles. The van der Waals surface area contributed by atoms with Crippen LogP contribution in [0.5, 0.6) is 0 Å². The maximum Gasteiger partial charge on any atom is 0.242 e. The number of nitrogens with zero attached hydrogens (tertiary/aromatic N) is 3. The van der Waals surface area contributed by atoms with Gasteiger partial charge in [-0.15, -0.1) is 24.0 Å².